The van der Waals surface area contributed by atoms with E-state index in [1.54, 1.807) is 118 Å². The number of carboxylic acids is 1. The van der Waals surface area contributed by atoms with Crippen molar-refractivity contribution in [3.05, 3.63) is 119 Å². The normalized spacial score (nSPS) is 19.8. The molecule has 38 nitrogen and oxygen atoms in total. The predicted octanol–water partition coefficient (Wildman–Crippen LogP) is 12.2. The average molecular weight is 1990 g/mol. The summed E-state index contributed by atoms with van der Waals surface area (Å²) in [6, 6.07) is 21.2. The Kier molecular flexibility index (Phi) is 41.7. The molecule has 6 aromatic heterocycles. The van der Waals surface area contributed by atoms with Crippen molar-refractivity contribution in [3.8, 4) is 11.3 Å². The van der Waals surface area contributed by atoms with Crippen LogP contribution in [0.15, 0.2) is 104 Å². The largest absolute Gasteiger partial charge is 0.488 e. The number of fused-ring (bicyclic) bond motifs is 3. The smallest absolute Gasteiger partial charge is 0.481 e. The molecule has 16 rings (SSSR count). The molecule has 0 spiro atoms. The lowest BCUT2D eigenvalue weighted by Gasteiger charge is -2.29. The van der Waals surface area contributed by atoms with E-state index in [0.29, 0.717) is 85.5 Å². The van der Waals surface area contributed by atoms with Gasteiger partial charge in [-0.1, -0.05) is 59.1 Å². The van der Waals surface area contributed by atoms with Crippen LogP contribution >= 0.6 is 34.8 Å². The Bertz CT molecular complexity index is 5280. The highest BCUT2D eigenvalue weighted by atomic mass is 35.5. The molecule has 0 aliphatic carbocycles. The average Bonchev–Trinajstić information content (AvgIpc) is 1.76. The van der Waals surface area contributed by atoms with Gasteiger partial charge in [0.15, 0.2) is 16.8 Å². The van der Waals surface area contributed by atoms with Gasteiger partial charge >= 0.3 is 37.5 Å². The van der Waals surface area contributed by atoms with Crippen LogP contribution in [0.2, 0.25) is 15.5 Å². The first-order chi connectivity index (χ1) is 65.5. The van der Waals surface area contributed by atoms with E-state index < -0.39 is 47.5 Å². The number of aliphatic carboxylic acids is 1. The molecule has 5 amide bonds. The number of carbonyl (C=O) groups excluding carboxylic acids is 6. The topological polar surface area (TPSA) is 451 Å². The molecule has 9 atom stereocenters. The molecule has 8 aliphatic rings. The predicted molar refractivity (Wildman–Crippen MR) is 532 cm³/mol. The van der Waals surface area contributed by atoms with Crippen LogP contribution in [0.4, 0.5) is 42.2 Å². The van der Waals surface area contributed by atoms with Crippen LogP contribution in [0, 0.1) is 35.5 Å². The van der Waals surface area contributed by atoms with Gasteiger partial charge in [-0.2, -0.15) is 0 Å². The van der Waals surface area contributed by atoms with Crippen molar-refractivity contribution in [2.24, 2.45) is 35.5 Å². The van der Waals surface area contributed by atoms with E-state index in [1.165, 1.54) is 22.8 Å². The van der Waals surface area contributed by atoms with E-state index >= 15 is 0 Å². The number of likely N-dealkylation sites (tertiary alicyclic amines) is 4. The molecular weight excluding hydrogens is 1850 g/mol. The van der Waals surface area contributed by atoms with Gasteiger partial charge in [-0.3, -0.25) is 34.2 Å². The molecule has 0 bridgehead atoms. The minimum atomic E-state index is -1.39. The number of benzene rings is 2. The summed E-state index contributed by atoms with van der Waals surface area (Å²) in [5, 5.41) is 58.0. The van der Waals surface area contributed by atoms with Crippen LogP contribution in [0.1, 0.15) is 149 Å². The minimum absolute atomic E-state index is 0.00230. The van der Waals surface area contributed by atoms with Crippen molar-refractivity contribution >= 4 is 146 Å². The Balaban J connectivity index is 0.000000181. The van der Waals surface area contributed by atoms with Crippen molar-refractivity contribution in [3.63, 3.8) is 0 Å². The van der Waals surface area contributed by atoms with Gasteiger partial charge in [-0.25, -0.2) is 54.1 Å². The van der Waals surface area contributed by atoms with Crippen molar-refractivity contribution in [2.45, 2.75) is 190 Å². The summed E-state index contributed by atoms with van der Waals surface area (Å²) in [4.78, 5) is 139. The molecule has 8 aliphatic heterocycles. The maximum absolute atomic E-state index is 11.9. The van der Waals surface area contributed by atoms with Crippen LogP contribution in [-0.2, 0) is 47.6 Å². The number of carbonyl (C=O) groups is 7. The fraction of sp³-hybridized carbons (Fsp3) is 0.588. The fourth-order valence-corrected chi connectivity index (χ4v) is 16.6. The lowest BCUT2D eigenvalue weighted by atomic mass is 9.80. The standard InChI is InChI=1S/C23H27N5O2.C13H15ClN4O.C12H22N2O4.C11H21NO3.C11H19NO3.C10H14BNO3.C10H17NO4.C7H3Cl2N3/c1-16(29)18-6-9-28(15-18)23-22-21(24-7-8-25-22)14-20(26-23)17-2-4-19(5-3-17)27-10-12-30-13-11-27;1-8(19)9-2-5-18(7-9)13-12-10(6-11(14)17-13)15-3-4-16-12;1-12(2,3)18-11(16)14-7-6-9(8-14)10(15)13(4)17-5;2*1-8(13)9-5-6-12(7-9)10(14)15-11(2,3)4;13-11(14)9-1-3-10(4-2-9)12-5-7-15-8-6-12;1-10(2,3)15-9(14)11-5-4-7(6-11)8(12)13;8-5-3-4-6(7(9)12-5)11-2-1-10-4/h2-5,7-8,14,16,18,29H,6,9-13,15H2,1H3;3-4,6,8-9,19H,2,5,7H2,1H3;9H,6-8H2,1-5H3;8-9,13H,5-7H2,1-4H3;9H,5-7H2,1-4H3;1-4,13-14H,5-8H2;7H,4-6H2,1-3H3,(H,12,13);1-3H/t16?,18-;8?,9-;9-;8?,9-;9-;;7-;/m00000.0./s1. The van der Waals surface area contributed by atoms with E-state index in [4.69, 9.17) is 88.2 Å². The second kappa shape index (κ2) is 51.7. The number of hydroxylamine groups is 2. The molecule has 760 valence electrons. The van der Waals surface area contributed by atoms with Gasteiger partial charge in [0.25, 0.3) is 5.91 Å². The van der Waals surface area contributed by atoms with Crippen molar-refractivity contribution in [1.82, 2.24) is 69.5 Å². The molecule has 8 aromatic rings. The van der Waals surface area contributed by atoms with Crippen LogP contribution in [0.5, 0.6) is 0 Å². The number of aliphatic hydroxyl groups is 3. The lowest BCUT2D eigenvalue weighted by molar-refractivity contribution is -0.172. The summed E-state index contributed by atoms with van der Waals surface area (Å²) in [7, 11) is 1.63. The summed E-state index contributed by atoms with van der Waals surface area (Å²) >= 11 is 17.5. The van der Waals surface area contributed by atoms with Gasteiger partial charge in [-0.15, -0.1) is 0 Å². The van der Waals surface area contributed by atoms with Crippen molar-refractivity contribution in [1.29, 1.82) is 0 Å². The lowest BCUT2D eigenvalue weighted by Crippen LogP contribution is -2.37. The zero-order chi connectivity index (χ0) is 102. The number of pyridine rings is 3. The van der Waals surface area contributed by atoms with Crippen molar-refractivity contribution in [2.75, 3.05) is 165 Å². The molecule has 8 saturated heterocycles. The van der Waals surface area contributed by atoms with Gasteiger partial charge in [0.05, 0.1) is 85.9 Å². The second-order valence-electron chi connectivity index (χ2n) is 39.2. The molecule has 8 fully saturated rings. The number of hydrogen-bond acceptors (Lipinski definition) is 32. The number of Topliss-reactive ketones (excluding diaryl/α,β-unsaturated/α-hetero) is 1. The Morgan fingerprint density at radius 2 is 0.777 bits per heavy atom. The fourth-order valence-electron chi connectivity index (χ4n) is 16.0. The summed E-state index contributed by atoms with van der Waals surface area (Å²) in [5.41, 5.74) is 7.23. The highest BCUT2D eigenvalue weighted by Crippen LogP contribution is 2.36. The molecule has 14 heterocycles. The SMILES string of the molecule is CC(=O)[C@H]1CCN(C(=O)OC(C)(C)C)C1.CC(C)(C)OC(=O)N1CC[C@H](C(=O)O)C1.CC(O)[C@H]1CCN(C(=O)OC(C)(C)C)C1.CC(O)[C@H]1CCN(c2nc(-c3ccc(N4CCOCC4)cc3)cc3nccnc23)C1.CC(O)[C@H]1CCN(c2nc(Cl)cc3nccnc23)C1.CON(C)C(=O)[C@H]1CCN(C(=O)OC(C)(C)C)C1.Clc1cc2nccnc2c(Cl)n1.OB(O)c1ccc(N2CCOCC2)cc1. The number of ether oxygens (including phenoxy) is 6. The Hall–Kier alpha value is -10.6. The Morgan fingerprint density at radius 3 is 1.16 bits per heavy atom. The molecular formula is C97H138BCl3N18O20. The first kappa shape index (κ1) is 112. The summed E-state index contributed by atoms with van der Waals surface area (Å²) in [6.07, 6.45) is 12.2. The number of aromatic nitrogens is 9. The summed E-state index contributed by atoms with van der Waals surface area (Å²) in [6.45, 7) is 43.0. The number of amides is 5. The number of nitrogens with zero attached hydrogens (tertiary/aromatic N) is 18. The molecule has 0 radical (unpaired) electrons. The van der Waals surface area contributed by atoms with Gasteiger partial charge in [-0.05, 0) is 185 Å². The quantitative estimate of drug-likeness (QED) is 0.0270. The Labute approximate surface area is 828 Å². The van der Waals surface area contributed by atoms with Crippen molar-refractivity contribution < 1.29 is 97.3 Å². The maximum Gasteiger partial charge on any atom is 0.488 e. The number of morpholine rings is 2. The molecule has 6 N–H and O–H groups in total. The van der Waals surface area contributed by atoms with Gasteiger partial charge in [0.2, 0.25) is 0 Å². The number of aliphatic hydroxyl groups excluding tert-OH is 3. The second-order valence-corrected chi connectivity index (χ2v) is 40.3. The molecule has 42 heteroatoms. The first-order valence-corrected chi connectivity index (χ1v) is 48.2. The third kappa shape index (κ3) is 35.3. The van der Waals surface area contributed by atoms with E-state index in [2.05, 4.69) is 83.7 Å². The zero-order valence-electron chi connectivity index (χ0n) is 83.1. The first-order valence-electron chi connectivity index (χ1n) is 47.1. The van der Waals surface area contributed by atoms with Crippen LogP contribution < -0.4 is 25.1 Å². The Morgan fingerprint density at radius 1 is 0.432 bits per heavy atom. The van der Waals surface area contributed by atoms with Gasteiger partial charge in [0, 0.05) is 202 Å². The number of ketones is 1. The highest BCUT2D eigenvalue weighted by molar-refractivity contribution is 6.58. The number of hydrogen-bond donors (Lipinski definition) is 6. The number of halogens is 3. The van der Waals surface area contributed by atoms with E-state index in [9.17, 15) is 48.9 Å². The molecule has 0 saturated carbocycles. The molecule has 2 aromatic carbocycles. The van der Waals surface area contributed by atoms with Crippen LogP contribution in [0.3, 0.4) is 0 Å². The summed E-state index contributed by atoms with van der Waals surface area (Å²) in [5.74, 6) is 0.887. The zero-order valence-corrected chi connectivity index (χ0v) is 85.3. The number of carboxylic acid groups (broad SMARTS) is 1. The van der Waals surface area contributed by atoms with Gasteiger partial charge in [0.1, 0.15) is 55.0 Å². The number of anilines is 4. The highest BCUT2D eigenvalue weighted by Gasteiger charge is 2.39. The minimum Gasteiger partial charge on any atom is -0.481 e. The summed E-state index contributed by atoms with van der Waals surface area (Å²) < 4.78 is 31.6. The maximum atomic E-state index is 11.9. The third-order valence-electron chi connectivity index (χ3n) is 23.7. The molecule has 3 unspecified atom stereocenters. The molecule has 139 heavy (non-hydrogen) atoms. The van der Waals surface area contributed by atoms with E-state index in [1.807, 2.05) is 94.4 Å². The van der Waals surface area contributed by atoms with Crippen LogP contribution in [-0.4, -0.2) is 335 Å². The monoisotopic (exact) mass is 1990 g/mol. The van der Waals surface area contributed by atoms with E-state index in [0.717, 1.165) is 155 Å². The third-order valence-corrected chi connectivity index (χ3v) is 24.3. The van der Waals surface area contributed by atoms with Crippen LogP contribution in [0.25, 0.3) is 44.4 Å². The number of rotatable bonds is 13. The van der Waals surface area contributed by atoms with E-state index in [-0.39, 0.29) is 89.6 Å². The van der Waals surface area contributed by atoms with Gasteiger partial charge < -0.3 is 98.1 Å².